The summed E-state index contributed by atoms with van der Waals surface area (Å²) in [6, 6.07) is 6.42. The number of carbonyl (C=O) groups is 1. The van der Waals surface area contributed by atoms with Crippen LogP contribution in [0.2, 0.25) is 0 Å². The maximum Gasteiger partial charge on any atom is 0.276 e. The van der Waals surface area contributed by atoms with Crippen molar-refractivity contribution in [3.63, 3.8) is 0 Å². The van der Waals surface area contributed by atoms with Gasteiger partial charge in [-0.1, -0.05) is 13.8 Å². The summed E-state index contributed by atoms with van der Waals surface area (Å²) in [6.45, 7) is 4.23. The Morgan fingerprint density at radius 2 is 2.08 bits per heavy atom. The molecule has 1 aromatic carbocycles. The minimum atomic E-state index is -0.601. The molecular weight excluding hydrogens is 328 g/mol. The van der Waals surface area contributed by atoms with Gasteiger partial charge >= 0.3 is 0 Å². The monoisotopic (exact) mass is 346 g/mol. The highest BCUT2D eigenvalue weighted by Crippen LogP contribution is 2.29. The standard InChI is InChI=1S/C16H18N4O5/c1-10(2)9-19-15(21)7-5-12(18-19)16(22)17-13-8-11(20(23)24)4-6-14(13)25-3/h4-8,10H,9H2,1-3H3,(H,17,22). The number of aromatic nitrogens is 2. The van der Waals surface area contributed by atoms with E-state index in [9.17, 15) is 19.7 Å². The number of hydrogen-bond donors (Lipinski definition) is 1. The molecule has 0 unspecified atom stereocenters. The predicted molar refractivity (Wildman–Crippen MR) is 90.9 cm³/mol. The van der Waals surface area contributed by atoms with Crippen molar-refractivity contribution in [2.45, 2.75) is 20.4 Å². The van der Waals surface area contributed by atoms with Gasteiger partial charge < -0.3 is 10.1 Å². The fraction of sp³-hybridized carbons (Fsp3) is 0.312. The second-order valence-corrected chi connectivity index (χ2v) is 5.73. The van der Waals surface area contributed by atoms with Gasteiger partial charge in [-0.05, 0) is 18.1 Å². The Bertz CT molecular complexity index is 860. The molecule has 0 aliphatic heterocycles. The van der Waals surface area contributed by atoms with Crippen LogP contribution in [0.1, 0.15) is 24.3 Å². The number of methoxy groups -OCH3 is 1. The lowest BCUT2D eigenvalue weighted by atomic mass is 10.2. The average Bonchev–Trinajstić information content (AvgIpc) is 2.56. The number of amides is 1. The van der Waals surface area contributed by atoms with Gasteiger partial charge in [-0.2, -0.15) is 5.10 Å². The molecule has 25 heavy (non-hydrogen) atoms. The number of nitro benzene ring substituents is 1. The number of benzene rings is 1. The Morgan fingerprint density at radius 1 is 1.36 bits per heavy atom. The summed E-state index contributed by atoms with van der Waals surface area (Å²) < 4.78 is 6.31. The number of nitro groups is 1. The highest BCUT2D eigenvalue weighted by Gasteiger charge is 2.16. The lowest BCUT2D eigenvalue weighted by Gasteiger charge is -2.11. The zero-order valence-corrected chi connectivity index (χ0v) is 14.1. The summed E-state index contributed by atoms with van der Waals surface area (Å²) in [4.78, 5) is 34.5. The van der Waals surface area contributed by atoms with Crippen molar-refractivity contribution < 1.29 is 14.5 Å². The largest absolute Gasteiger partial charge is 0.495 e. The smallest absolute Gasteiger partial charge is 0.276 e. The van der Waals surface area contributed by atoms with E-state index in [1.165, 1.54) is 42.1 Å². The molecule has 0 aliphatic rings. The molecule has 9 heteroatoms. The summed E-state index contributed by atoms with van der Waals surface area (Å²) in [5.74, 6) is -0.147. The molecule has 0 spiro atoms. The molecule has 1 N–H and O–H groups in total. The molecule has 0 radical (unpaired) electrons. The molecule has 0 fully saturated rings. The summed E-state index contributed by atoms with van der Waals surface area (Å²) >= 11 is 0. The van der Waals surface area contributed by atoms with Gasteiger partial charge in [-0.15, -0.1) is 0 Å². The number of nitrogens with one attached hydrogen (secondary N) is 1. The van der Waals surface area contributed by atoms with Crippen molar-refractivity contribution in [2.24, 2.45) is 5.92 Å². The van der Waals surface area contributed by atoms with E-state index in [2.05, 4.69) is 10.4 Å². The Hall–Kier alpha value is -3.23. The van der Waals surface area contributed by atoms with Crippen LogP contribution in [0.3, 0.4) is 0 Å². The minimum absolute atomic E-state index is 0.0220. The summed E-state index contributed by atoms with van der Waals surface area (Å²) in [5, 5.41) is 17.5. The first-order valence-corrected chi connectivity index (χ1v) is 7.53. The normalized spacial score (nSPS) is 10.6. The molecule has 1 heterocycles. The van der Waals surface area contributed by atoms with Gasteiger partial charge in [0.05, 0.1) is 17.7 Å². The van der Waals surface area contributed by atoms with Crippen molar-refractivity contribution >= 4 is 17.3 Å². The topological polar surface area (TPSA) is 116 Å². The zero-order valence-electron chi connectivity index (χ0n) is 14.1. The van der Waals surface area contributed by atoms with E-state index >= 15 is 0 Å². The average molecular weight is 346 g/mol. The minimum Gasteiger partial charge on any atom is -0.495 e. The molecule has 9 nitrogen and oxygen atoms in total. The van der Waals surface area contributed by atoms with Crippen molar-refractivity contribution in [1.82, 2.24) is 9.78 Å². The van der Waals surface area contributed by atoms with Crippen molar-refractivity contribution in [3.8, 4) is 5.75 Å². The van der Waals surface area contributed by atoms with E-state index in [1.54, 1.807) is 0 Å². The van der Waals surface area contributed by atoms with E-state index < -0.39 is 10.8 Å². The van der Waals surface area contributed by atoms with Crippen LogP contribution < -0.4 is 15.6 Å². The van der Waals surface area contributed by atoms with Crippen LogP contribution in [0.15, 0.2) is 35.1 Å². The van der Waals surface area contributed by atoms with Gasteiger partial charge in [0.2, 0.25) is 0 Å². The Kier molecular flexibility index (Phi) is 5.48. The first-order valence-electron chi connectivity index (χ1n) is 7.53. The summed E-state index contributed by atoms with van der Waals surface area (Å²) in [7, 11) is 1.39. The van der Waals surface area contributed by atoms with E-state index in [1.807, 2.05) is 13.8 Å². The molecule has 132 valence electrons. The zero-order chi connectivity index (χ0) is 18.6. The Morgan fingerprint density at radius 3 is 2.68 bits per heavy atom. The van der Waals surface area contributed by atoms with Gasteiger partial charge in [0.1, 0.15) is 11.4 Å². The maximum absolute atomic E-state index is 12.4. The van der Waals surface area contributed by atoms with Gasteiger partial charge in [-0.25, -0.2) is 4.68 Å². The molecule has 0 saturated carbocycles. The van der Waals surface area contributed by atoms with Gasteiger partial charge in [0, 0.05) is 24.7 Å². The molecule has 0 saturated heterocycles. The second-order valence-electron chi connectivity index (χ2n) is 5.73. The van der Waals surface area contributed by atoms with Crippen LogP contribution in [0.5, 0.6) is 5.75 Å². The number of anilines is 1. The van der Waals surface area contributed by atoms with Crippen molar-refractivity contribution in [1.29, 1.82) is 0 Å². The summed E-state index contributed by atoms with van der Waals surface area (Å²) in [5.41, 5.74) is -0.328. The number of ether oxygens (including phenoxy) is 1. The first kappa shape index (κ1) is 18.1. The van der Waals surface area contributed by atoms with Crippen LogP contribution >= 0.6 is 0 Å². The second kappa shape index (κ2) is 7.56. The highest BCUT2D eigenvalue weighted by atomic mass is 16.6. The SMILES string of the molecule is COc1ccc([N+](=O)[O-])cc1NC(=O)c1ccc(=O)n(CC(C)C)n1. The van der Waals surface area contributed by atoms with Crippen LogP contribution in [0.4, 0.5) is 11.4 Å². The lowest BCUT2D eigenvalue weighted by Crippen LogP contribution is -2.27. The highest BCUT2D eigenvalue weighted by molar-refractivity contribution is 6.03. The Balaban J connectivity index is 2.32. The third-order valence-electron chi connectivity index (χ3n) is 3.28. The fourth-order valence-corrected chi connectivity index (χ4v) is 2.14. The molecule has 0 atom stereocenters. The molecule has 2 rings (SSSR count). The predicted octanol–water partition coefficient (Wildman–Crippen LogP) is 2.07. The van der Waals surface area contributed by atoms with E-state index in [4.69, 9.17) is 4.74 Å². The quantitative estimate of drug-likeness (QED) is 0.632. The fourth-order valence-electron chi connectivity index (χ4n) is 2.14. The number of carbonyl (C=O) groups excluding carboxylic acids is 1. The number of non-ortho nitro benzene ring substituents is 1. The number of hydrogen-bond acceptors (Lipinski definition) is 6. The van der Waals surface area contributed by atoms with Gasteiger partial charge in [-0.3, -0.25) is 19.7 Å². The molecule has 2 aromatic rings. The first-order chi connectivity index (χ1) is 11.8. The van der Waals surface area contributed by atoms with Crippen LogP contribution in [0.25, 0.3) is 0 Å². The van der Waals surface area contributed by atoms with Gasteiger partial charge in [0.15, 0.2) is 0 Å². The lowest BCUT2D eigenvalue weighted by molar-refractivity contribution is -0.384. The third kappa shape index (κ3) is 4.40. The summed E-state index contributed by atoms with van der Waals surface area (Å²) in [6.07, 6.45) is 0. The number of nitrogens with zero attached hydrogens (tertiary/aromatic N) is 3. The van der Waals surface area contributed by atoms with Crippen molar-refractivity contribution in [2.75, 3.05) is 12.4 Å². The Labute approximate surface area is 143 Å². The van der Waals surface area contributed by atoms with Crippen LogP contribution in [-0.2, 0) is 6.54 Å². The molecule has 1 amide bonds. The molecule has 0 aliphatic carbocycles. The van der Waals surface area contributed by atoms with Gasteiger partial charge in [0.25, 0.3) is 17.2 Å². The van der Waals surface area contributed by atoms with E-state index in [0.717, 1.165) is 0 Å². The molecule has 1 aromatic heterocycles. The molecular formula is C16H18N4O5. The molecule has 0 bridgehead atoms. The number of rotatable bonds is 6. The van der Waals surface area contributed by atoms with Crippen LogP contribution in [-0.4, -0.2) is 27.7 Å². The maximum atomic E-state index is 12.4. The van der Waals surface area contributed by atoms with E-state index in [0.29, 0.717) is 6.54 Å². The third-order valence-corrected chi connectivity index (χ3v) is 3.28. The van der Waals surface area contributed by atoms with E-state index in [-0.39, 0.29) is 34.3 Å². The van der Waals surface area contributed by atoms with Crippen LogP contribution in [0, 0.1) is 16.0 Å². The van der Waals surface area contributed by atoms with Crippen molar-refractivity contribution in [3.05, 3.63) is 56.5 Å².